The molecule has 0 unspecified atom stereocenters. The second-order valence-electron chi connectivity index (χ2n) is 2.33. The van der Waals surface area contributed by atoms with Crippen LogP contribution in [0.3, 0.4) is 0 Å². The quantitative estimate of drug-likeness (QED) is 0.610. The van der Waals surface area contributed by atoms with Crippen LogP contribution in [0.5, 0.6) is 0 Å². The highest BCUT2D eigenvalue weighted by atomic mass is 16.5. The standard InChI is InChI=1S/C7H13NO3.C2H6/c1-5(7(10)11-4)8(3)6(2)9;1-2/h5H,1-4H3;1-2H3/t5-;/m0./s1. The smallest absolute Gasteiger partial charge is 0.328 e. The fourth-order valence-corrected chi connectivity index (χ4v) is 0.601. The van der Waals surface area contributed by atoms with Gasteiger partial charge in [-0.2, -0.15) is 0 Å². The lowest BCUT2D eigenvalue weighted by Gasteiger charge is -2.20. The molecule has 0 saturated heterocycles. The maximum atomic E-state index is 10.8. The first-order chi connectivity index (χ1) is 6.00. The van der Waals surface area contributed by atoms with Crippen LogP contribution in [0.2, 0.25) is 0 Å². The summed E-state index contributed by atoms with van der Waals surface area (Å²) in [6.45, 7) is 7.02. The van der Waals surface area contributed by atoms with E-state index in [0.717, 1.165) is 0 Å². The predicted octanol–water partition coefficient (Wildman–Crippen LogP) is 1.05. The Morgan fingerprint density at radius 1 is 1.31 bits per heavy atom. The summed E-state index contributed by atoms with van der Waals surface area (Å²) in [5.41, 5.74) is 0. The van der Waals surface area contributed by atoms with E-state index in [1.54, 1.807) is 14.0 Å². The van der Waals surface area contributed by atoms with Gasteiger partial charge in [-0.25, -0.2) is 4.79 Å². The molecule has 0 radical (unpaired) electrons. The van der Waals surface area contributed by atoms with E-state index in [1.807, 2.05) is 13.8 Å². The molecule has 1 amide bonds. The lowest BCUT2D eigenvalue weighted by molar-refractivity contribution is -0.150. The van der Waals surface area contributed by atoms with Crippen molar-refractivity contribution >= 4 is 11.9 Å². The molecule has 0 bridgehead atoms. The highest BCUT2D eigenvalue weighted by Crippen LogP contribution is 1.97. The highest BCUT2D eigenvalue weighted by molar-refractivity contribution is 5.82. The van der Waals surface area contributed by atoms with E-state index in [2.05, 4.69) is 4.74 Å². The molecule has 13 heavy (non-hydrogen) atoms. The van der Waals surface area contributed by atoms with Crippen molar-refractivity contribution in [3.63, 3.8) is 0 Å². The Morgan fingerprint density at radius 3 is 1.92 bits per heavy atom. The Bertz CT molecular complexity index is 168. The molecular formula is C9H19NO3. The molecule has 0 aromatic carbocycles. The van der Waals surface area contributed by atoms with Gasteiger partial charge in [0.15, 0.2) is 0 Å². The maximum absolute atomic E-state index is 10.8. The molecule has 0 aliphatic heterocycles. The van der Waals surface area contributed by atoms with Gasteiger partial charge in [-0.05, 0) is 6.92 Å². The summed E-state index contributed by atoms with van der Waals surface area (Å²) in [4.78, 5) is 22.9. The van der Waals surface area contributed by atoms with E-state index in [9.17, 15) is 9.59 Å². The van der Waals surface area contributed by atoms with Gasteiger partial charge >= 0.3 is 5.97 Å². The van der Waals surface area contributed by atoms with Crippen LogP contribution in [0.4, 0.5) is 0 Å². The zero-order valence-corrected chi connectivity index (χ0v) is 9.25. The van der Waals surface area contributed by atoms with Gasteiger partial charge in [0.25, 0.3) is 0 Å². The summed E-state index contributed by atoms with van der Waals surface area (Å²) in [5, 5.41) is 0. The molecule has 78 valence electrons. The Kier molecular flexibility index (Phi) is 8.44. The average molecular weight is 189 g/mol. The van der Waals surface area contributed by atoms with Crippen LogP contribution in [0, 0.1) is 0 Å². The van der Waals surface area contributed by atoms with Crippen LogP contribution in [0.25, 0.3) is 0 Å². The van der Waals surface area contributed by atoms with Crippen LogP contribution >= 0.6 is 0 Å². The first-order valence-electron chi connectivity index (χ1n) is 4.32. The molecule has 0 spiro atoms. The number of nitrogens with zero attached hydrogens (tertiary/aromatic N) is 1. The van der Waals surface area contributed by atoms with E-state index in [1.165, 1.54) is 18.9 Å². The molecule has 4 nitrogen and oxygen atoms in total. The monoisotopic (exact) mass is 189 g/mol. The van der Waals surface area contributed by atoms with Crippen molar-refractivity contribution in [2.45, 2.75) is 33.7 Å². The number of rotatable bonds is 2. The van der Waals surface area contributed by atoms with E-state index in [4.69, 9.17) is 0 Å². The molecular weight excluding hydrogens is 170 g/mol. The summed E-state index contributed by atoms with van der Waals surface area (Å²) < 4.78 is 4.45. The molecule has 0 saturated carbocycles. The molecule has 1 atom stereocenters. The summed E-state index contributed by atoms with van der Waals surface area (Å²) in [7, 11) is 2.86. The van der Waals surface area contributed by atoms with Crippen molar-refractivity contribution in [1.29, 1.82) is 0 Å². The normalized spacial score (nSPS) is 10.6. The number of esters is 1. The third kappa shape index (κ3) is 5.22. The predicted molar refractivity (Wildman–Crippen MR) is 51.3 cm³/mol. The third-order valence-electron chi connectivity index (χ3n) is 1.62. The van der Waals surface area contributed by atoms with Gasteiger partial charge in [0.2, 0.25) is 5.91 Å². The summed E-state index contributed by atoms with van der Waals surface area (Å²) >= 11 is 0. The molecule has 0 aliphatic carbocycles. The van der Waals surface area contributed by atoms with Crippen molar-refractivity contribution < 1.29 is 14.3 Å². The lowest BCUT2D eigenvalue weighted by Crippen LogP contribution is -2.39. The van der Waals surface area contributed by atoms with Gasteiger partial charge in [-0.3, -0.25) is 4.79 Å². The Labute approximate surface area is 79.9 Å². The topological polar surface area (TPSA) is 46.6 Å². The minimum absolute atomic E-state index is 0.150. The minimum Gasteiger partial charge on any atom is -0.467 e. The lowest BCUT2D eigenvalue weighted by atomic mass is 10.3. The second-order valence-corrected chi connectivity index (χ2v) is 2.33. The molecule has 0 rings (SSSR count). The largest absolute Gasteiger partial charge is 0.467 e. The van der Waals surface area contributed by atoms with E-state index >= 15 is 0 Å². The number of carbonyl (C=O) groups excluding carboxylic acids is 2. The van der Waals surface area contributed by atoms with Crippen LogP contribution in [-0.2, 0) is 14.3 Å². The SMILES string of the molecule is CC.COC(=O)[C@H](C)N(C)C(C)=O. The van der Waals surface area contributed by atoms with Crippen molar-refractivity contribution in [3.05, 3.63) is 0 Å². The number of ether oxygens (including phenoxy) is 1. The van der Waals surface area contributed by atoms with Crippen molar-refractivity contribution in [2.24, 2.45) is 0 Å². The van der Waals surface area contributed by atoms with Crippen LogP contribution in [0.15, 0.2) is 0 Å². The fraction of sp³-hybridized carbons (Fsp3) is 0.778. The first kappa shape index (κ1) is 14.5. The number of likely N-dealkylation sites (N-methyl/N-ethyl adjacent to an activating group) is 1. The molecule has 0 aliphatic rings. The van der Waals surface area contributed by atoms with Crippen molar-refractivity contribution in [1.82, 2.24) is 4.90 Å². The third-order valence-corrected chi connectivity index (χ3v) is 1.62. The average Bonchev–Trinajstić information content (AvgIpc) is 2.17. The van der Waals surface area contributed by atoms with Crippen molar-refractivity contribution in [3.8, 4) is 0 Å². The number of hydrogen-bond donors (Lipinski definition) is 0. The zero-order chi connectivity index (χ0) is 11.0. The van der Waals surface area contributed by atoms with E-state index in [-0.39, 0.29) is 5.91 Å². The highest BCUT2D eigenvalue weighted by Gasteiger charge is 2.19. The maximum Gasteiger partial charge on any atom is 0.328 e. The van der Waals surface area contributed by atoms with Crippen molar-refractivity contribution in [2.75, 3.05) is 14.2 Å². The number of hydrogen-bond acceptors (Lipinski definition) is 3. The Morgan fingerprint density at radius 2 is 1.69 bits per heavy atom. The van der Waals surface area contributed by atoms with Crippen LogP contribution < -0.4 is 0 Å². The van der Waals surface area contributed by atoms with Gasteiger partial charge < -0.3 is 9.64 Å². The first-order valence-corrected chi connectivity index (χ1v) is 4.32. The van der Waals surface area contributed by atoms with Gasteiger partial charge in [-0.1, -0.05) is 13.8 Å². The molecule has 0 aromatic rings. The number of amides is 1. The van der Waals surface area contributed by atoms with E-state index in [0.29, 0.717) is 0 Å². The van der Waals surface area contributed by atoms with Gasteiger partial charge in [0, 0.05) is 14.0 Å². The zero-order valence-electron chi connectivity index (χ0n) is 9.25. The van der Waals surface area contributed by atoms with Gasteiger partial charge in [0.05, 0.1) is 7.11 Å². The molecule has 0 heterocycles. The summed E-state index contributed by atoms with van der Waals surface area (Å²) in [5.74, 6) is -0.550. The Hall–Kier alpha value is -1.06. The molecule has 4 heteroatoms. The summed E-state index contributed by atoms with van der Waals surface area (Å²) in [6, 6.07) is -0.502. The van der Waals surface area contributed by atoms with Gasteiger partial charge in [0.1, 0.15) is 6.04 Å². The van der Waals surface area contributed by atoms with Crippen LogP contribution in [-0.4, -0.2) is 37.0 Å². The van der Waals surface area contributed by atoms with Crippen LogP contribution in [0.1, 0.15) is 27.7 Å². The summed E-state index contributed by atoms with van der Waals surface area (Å²) in [6.07, 6.45) is 0. The van der Waals surface area contributed by atoms with Gasteiger partial charge in [-0.15, -0.1) is 0 Å². The molecule has 0 aromatic heterocycles. The van der Waals surface area contributed by atoms with E-state index < -0.39 is 12.0 Å². The fourth-order valence-electron chi connectivity index (χ4n) is 0.601. The number of methoxy groups -OCH3 is 1. The second kappa shape index (κ2) is 7.58. The minimum atomic E-state index is -0.502. The molecule has 0 N–H and O–H groups in total. The Balaban J connectivity index is 0. The number of carbonyl (C=O) groups is 2. The molecule has 0 fully saturated rings.